The molecule has 1 aliphatic heterocycles. The van der Waals surface area contributed by atoms with Gasteiger partial charge in [0.05, 0.1) is 30.9 Å². The maximum atomic E-state index is 12.6. The van der Waals surface area contributed by atoms with Crippen LogP contribution in [0.25, 0.3) is 0 Å². The smallest absolute Gasteiger partial charge is 0.416 e. The van der Waals surface area contributed by atoms with Crippen molar-refractivity contribution in [1.29, 1.82) is 0 Å². The summed E-state index contributed by atoms with van der Waals surface area (Å²) in [6, 6.07) is 7.70. The van der Waals surface area contributed by atoms with Gasteiger partial charge in [-0.05, 0) is 56.0 Å². The molecule has 8 nitrogen and oxygen atoms in total. The first-order chi connectivity index (χ1) is 17.1. The molecule has 1 saturated heterocycles. The van der Waals surface area contributed by atoms with E-state index < -0.39 is 23.2 Å². The van der Waals surface area contributed by atoms with Crippen molar-refractivity contribution in [3.8, 4) is 5.88 Å². The van der Waals surface area contributed by atoms with E-state index in [9.17, 15) is 27.9 Å². The van der Waals surface area contributed by atoms with E-state index in [1.807, 2.05) is 6.07 Å². The molecule has 1 aromatic carbocycles. The van der Waals surface area contributed by atoms with Crippen LogP contribution in [0, 0.1) is 0 Å². The number of halogens is 3. The van der Waals surface area contributed by atoms with E-state index in [4.69, 9.17) is 4.74 Å². The van der Waals surface area contributed by atoms with Gasteiger partial charge in [0, 0.05) is 42.5 Å². The molecule has 2 aliphatic rings. The molecule has 4 rings (SSSR count). The molecule has 0 bridgehead atoms. The third-order valence-electron chi connectivity index (χ3n) is 6.94. The molecule has 2 heterocycles. The number of aliphatic hydroxyl groups is 1. The highest BCUT2D eigenvalue weighted by Crippen LogP contribution is 2.39. The van der Waals surface area contributed by atoms with Gasteiger partial charge in [-0.3, -0.25) is 14.5 Å². The predicted molar refractivity (Wildman–Crippen MR) is 124 cm³/mol. The highest BCUT2D eigenvalue weighted by molar-refractivity contribution is 5.96. The Hall–Kier alpha value is -3.18. The van der Waals surface area contributed by atoms with Crippen molar-refractivity contribution in [3.63, 3.8) is 0 Å². The molecule has 36 heavy (non-hydrogen) atoms. The Kier molecular flexibility index (Phi) is 7.51. The first-order valence-electron chi connectivity index (χ1n) is 11.8. The van der Waals surface area contributed by atoms with Crippen LogP contribution >= 0.6 is 0 Å². The normalized spacial score (nSPS) is 23.0. The van der Waals surface area contributed by atoms with Gasteiger partial charge in [0.1, 0.15) is 0 Å². The Morgan fingerprint density at radius 1 is 1.14 bits per heavy atom. The van der Waals surface area contributed by atoms with E-state index in [1.165, 1.54) is 0 Å². The second-order valence-electron chi connectivity index (χ2n) is 9.33. The lowest BCUT2D eigenvalue weighted by Crippen LogP contribution is -2.63. The van der Waals surface area contributed by atoms with E-state index >= 15 is 0 Å². The Bertz CT molecular complexity index is 1060. The summed E-state index contributed by atoms with van der Waals surface area (Å²) in [7, 11) is 1.55. The van der Waals surface area contributed by atoms with E-state index in [0.717, 1.165) is 42.7 Å². The number of ether oxygens (including phenoxy) is 1. The lowest BCUT2D eigenvalue weighted by Gasteiger charge is -2.48. The number of pyridine rings is 1. The lowest BCUT2D eigenvalue weighted by molar-refractivity contribution is -0.137. The number of carbonyl (C=O) groups is 2. The zero-order chi connectivity index (χ0) is 25.9. The van der Waals surface area contributed by atoms with Crippen LogP contribution in [0.4, 0.5) is 13.2 Å². The summed E-state index contributed by atoms with van der Waals surface area (Å²) in [6.45, 7) is 1.11. The van der Waals surface area contributed by atoms with Crippen LogP contribution < -0.4 is 15.4 Å². The summed E-state index contributed by atoms with van der Waals surface area (Å²) in [5.74, 6) is -0.468. The Balaban J connectivity index is 1.16. The van der Waals surface area contributed by atoms with Crippen molar-refractivity contribution in [1.82, 2.24) is 20.5 Å². The molecular formula is C25H29F3N4O4. The van der Waals surface area contributed by atoms with Gasteiger partial charge in [0.25, 0.3) is 5.91 Å². The number of hydrogen-bond acceptors (Lipinski definition) is 6. The number of hydrogen-bond donors (Lipinski definition) is 3. The summed E-state index contributed by atoms with van der Waals surface area (Å²) in [5, 5.41) is 16.4. The zero-order valence-electron chi connectivity index (χ0n) is 19.8. The molecule has 2 aromatic rings. The van der Waals surface area contributed by atoms with Crippen molar-refractivity contribution >= 4 is 11.8 Å². The predicted octanol–water partition coefficient (Wildman–Crippen LogP) is 2.47. The molecule has 0 spiro atoms. The maximum Gasteiger partial charge on any atom is 0.416 e. The molecule has 2 fully saturated rings. The molecule has 2 amide bonds. The van der Waals surface area contributed by atoms with Gasteiger partial charge < -0.3 is 20.5 Å². The molecule has 194 valence electrons. The lowest BCUT2D eigenvalue weighted by atomic mass is 9.77. The maximum absolute atomic E-state index is 12.6. The summed E-state index contributed by atoms with van der Waals surface area (Å²) < 4.78 is 43.0. The second kappa shape index (κ2) is 10.4. The largest absolute Gasteiger partial charge is 0.481 e. The molecule has 1 aliphatic carbocycles. The number of aromatic nitrogens is 1. The second-order valence-corrected chi connectivity index (χ2v) is 9.33. The third-order valence-corrected chi connectivity index (χ3v) is 6.94. The quantitative estimate of drug-likeness (QED) is 0.533. The van der Waals surface area contributed by atoms with Crippen LogP contribution in [0.3, 0.4) is 0 Å². The fraction of sp³-hybridized carbons (Fsp3) is 0.480. The Morgan fingerprint density at radius 2 is 1.81 bits per heavy atom. The Morgan fingerprint density at radius 3 is 2.36 bits per heavy atom. The SMILES string of the molecule is COc1ccc([C@]2(O)CC[C@H](N3CC(NC(=O)CNC(=O)c4ccc(C(F)(F)F)cc4)C3)CC2)cn1. The standard InChI is InChI=1S/C25H29F3N4O4/c1-36-22-7-6-18(12-29-22)24(35)10-8-20(9-11-24)32-14-19(15-32)31-21(33)13-30-23(34)16-2-4-17(5-3-16)25(26,27)28/h2-7,12,19-20,35H,8-11,13-15H2,1H3,(H,30,34)(H,31,33)/t20-,24-. The average Bonchev–Trinajstić information content (AvgIpc) is 2.85. The summed E-state index contributed by atoms with van der Waals surface area (Å²) in [5.41, 5.74) is -0.909. The highest BCUT2D eigenvalue weighted by Gasteiger charge is 2.40. The Labute approximate surface area is 206 Å². The van der Waals surface area contributed by atoms with Crippen molar-refractivity contribution in [3.05, 3.63) is 59.3 Å². The molecule has 0 atom stereocenters. The number of benzene rings is 1. The van der Waals surface area contributed by atoms with E-state index in [1.54, 1.807) is 19.4 Å². The van der Waals surface area contributed by atoms with Crippen LogP contribution in [0.15, 0.2) is 42.6 Å². The minimum atomic E-state index is -4.47. The minimum Gasteiger partial charge on any atom is -0.481 e. The van der Waals surface area contributed by atoms with E-state index in [2.05, 4.69) is 20.5 Å². The fourth-order valence-corrected chi connectivity index (χ4v) is 4.76. The molecule has 11 heteroatoms. The van der Waals surface area contributed by atoms with Crippen molar-refractivity contribution < 1.29 is 32.6 Å². The fourth-order valence-electron chi connectivity index (χ4n) is 4.76. The van der Waals surface area contributed by atoms with Crippen molar-refractivity contribution in [2.24, 2.45) is 0 Å². The molecule has 0 radical (unpaired) electrons. The van der Waals surface area contributed by atoms with Gasteiger partial charge in [-0.1, -0.05) is 0 Å². The van der Waals surface area contributed by atoms with Crippen molar-refractivity contribution in [2.75, 3.05) is 26.7 Å². The topological polar surface area (TPSA) is 104 Å². The van der Waals surface area contributed by atoms with Gasteiger partial charge in [0.15, 0.2) is 0 Å². The van der Waals surface area contributed by atoms with Crippen LogP contribution in [0.1, 0.15) is 47.2 Å². The van der Waals surface area contributed by atoms with Gasteiger partial charge in [-0.2, -0.15) is 13.2 Å². The number of nitrogens with one attached hydrogen (secondary N) is 2. The van der Waals surface area contributed by atoms with Gasteiger partial charge >= 0.3 is 6.18 Å². The number of likely N-dealkylation sites (tertiary alicyclic amines) is 1. The van der Waals surface area contributed by atoms with Gasteiger partial charge in [-0.25, -0.2) is 4.98 Å². The molecule has 0 unspecified atom stereocenters. The first-order valence-corrected chi connectivity index (χ1v) is 11.8. The number of nitrogens with zero attached hydrogens (tertiary/aromatic N) is 2. The van der Waals surface area contributed by atoms with Crippen LogP contribution in [-0.4, -0.2) is 65.6 Å². The van der Waals surface area contributed by atoms with E-state index in [0.29, 0.717) is 37.9 Å². The van der Waals surface area contributed by atoms with Crippen LogP contribution in [-0.2, 0) is 16.6 Å². The number of methoxy groups -OCH3 is 1. The molecule has 1 saturated carbocycles. The molecule has 1 aromatic heterocycles. The van der Waals surface area contributed by atoms with Crippen LogP contribution in [0.5, 0.6) is 5.88 Å². The minimum absolute atomic E-state index is 0.0351. The highest BCUT2D eigenvalue weighted by atomic mass is 19.4. The molecular weight excluding hydrogens is 477 g/mol. The zero-order valence-corrected chi connectivity index (χ0v) is 19.8. The third kappa shape index (κ3) is 5.96. The number of amides is 2. The molecule has 3 N–H and O–H groups in total. The summed E-state index contributed by atoms with van der Waals surface area (Å²) in [4.78, 5) is 30.8. The number of rotatable bonds is 7. The summed E-state index contributed by atoms with van der Waals surface area (Å²) in [6.07, 6.45) is 0.0756. The van der Waals surface area contributed by atoms with Gasteiger partial charge in [-0.15, -0.1) is 0 Å². The number of alkyl halides is 3. The monoisotopic (exact) mass is 506 g/mol. The summed E-state index contributed by atoms with van der Waals surface area (Å²) >= 11 is 0. The average molecular weight is 507 g/mol. The van der Waals surface area contributed by atoms with Crippen molar-refractivity contribution in [2.45, 2.75) is 49.5 Å². The van der Waals surface area contributed by atoms with E-state index in [-0.39, 0.29) is 24.1 Å². The number of carbonyl (C=O) groups excluding carboxylic acids is 2. The van der Waals surface area contributed by atoms with Gasteiger partial charge in [0.2, 0.25) is 11.8 Å². The first kappa shape index (κ1) is 25.9. The van der Waals surface area contributed by atoms with Crippen LogP contribution in [0.2, 0.25) is 0 Å².